The van der Waals surface area contributed by atoms with Gasteiger partial charge in [0.25, 0.3) is 0 Å². The first kappa shape index (κ1) is 12.3. The standard InChI is InChI=1S/C14H22OS/c1-2-3-4-5-6-7-10-13-11-8-9-12-14(13,15)16-13/h8-9,11-12,15H,2-7,10H2,1H3. The third kappa shape index (κ3) is 2.38. The third-order valence-electron chi connectivity index (χ3n) is 3.60. The number of allylic oxidation sites excluding steroid dienone is 2. The van der Waals surface area contributed by atoms with E-state index in [-0.39, 0.29) is 4.75 Å². The average Bonchev–Trinajstić information content (AvgIpc) is 2.90. The smallest absolute Gasteiger partial charge is 0.148 e. The highest BCUT2D eigenvalue weighted by Crippen LogP contribution is 2.67. The lowest BCUT2D eigenvalue weighted by Crippen LogP contribution is -2.23. The molecular weight excluding hydrogens is 216 g/mol. The molecule has 0 saturated carbocycles. The van der Waals surface area contributed by atoms with Gasteiger partial charge in [-0.25, -0.2) is 0 Å². The summed E-state index contributed by atoms with van der Waals surface area (Å²) in [5, 5.41) is 10.2. The maximum atomic E-state index is 10.2. The van der Waals surface area contributed by atoms with Crippen molar-refractivity contribution < 1.29 is 5.11 Å². The first-order valence-electron chi connectivity index (χ1n) is 6.52. The highest BCUT2D eigenvalue weighted by molar-refractivity contribution is 8.09. The molecule has 1 aliphatic carbocycles. The van der Waals surface area contributed by atoms with E-state index in [0.717, 1.165) is 6.42 Å². The first-order valence-corrected chi connectivity index (χ1v) is 7.34. The normalized spacial score (nSPS) is 35.1. The third-order valence-corrected chi connectivity index (χ3v) is 5.23. The van der Waals surface area contributed by atoms with Crippen LogP contribution in [0.1, 0.15) is 51.9 Å². The van der Waals surface area contributed by atoms with Gasteiger partial charge < -0.3 is 5.11 Å². The van der Waals surface area contributed by atoms with Crippen molar-refractivity contribution in [2.45, 2.75) is 61.5 Å². The van der Waals surface area contributed by atoms with Crippen LogP contribution in [-0.2, 0) is 0 Å². The van der Waals surface area contributed by atoms with Gasteiger partial charge in [0.15, 0.2) is 0 Å². The number of rotatable bonds is 7. The molecule has 1 heterocycles. The molecule has 2 heteroatoms. The van der Waals surface area contributed by atoms with E-state index < -0.39 is 4.93 Å². The summed E-state index contributed by atoms with van der Waals surface area (Å²) in [6.45, 7) is 2.25. The topological polar surface area (TPSA) is 20.2 Å². The Morgan fingerprint density at radius 2 is 1.69 bits per heavy atom. The second kappa shape index (κ2) is 4.97. The molecule has 0 aromatic rings. The van der Waals surface area contributed by atoms with Crippen molar-refractivity contribution in [1.29, 1.82) is 0 Å². The van der Waals surface area contributed by atoms with Crippen LogP contribution in [0.5, 0.6) is 0 Å². The molecule has 90 valence electrons. The Bertz CT molecular complexity index is 297. The van der Waals surface area contributed by atoms with Crippen LogP contribution in [0.4, 0.5) is 0 Å². The van der Waals surface area contributed by atoms with Crippen LogP contribution in [0.25, 0.3) is 0 Å². The van der Waals surface area contributed by atoms with Crippen molar-refractivity contribution >= 4 is 11.8 Å². The van der Waals surface area contributed by atoms with E-state index in [2.05, 4.69) is 19.1 Å². The van der Waals surface area contributed by atoms with Crippen LogP contribution in [0.3, 0.4) is 0 Å². The largest absolute Gasteiger partial charge is 0.374 e. The van der Waals surface area contributed by atoms with E-state index in [9.17, 15) is 5.11 Å². The van der Waals surface area contributed by atoms with Crippen molar-refractivity contribution in [3.8, 4) is 0 Å². The Kier molecular flexibility index (Phi) is 3.81. The fourth-order valence-corrected chi connectivity index (χ4v) is 3.74. The molecule has 2 rings (SSSR count). The zero-order valence-electron chi connectivity index (χ0n) is 10.1. The van der Waals surface area contributed by atoms with E-state index in [1.165, 1.54) is 38.5 Å². The minimum Gasteiger partial charge on any atom is -0.374 e. The molecule has 2 atom stereocenters. The second-order valence-corrected chi connectivity index (χ2v) is 6.48. The molecule has 1 fully saturated rings. The number of aliphatic hydroxyl groups is 1. The van der Waals surface area contributed by atoms with Gasteiger partial charge in [0.2, 0.25) is 0 Å². The Labute approximate surface area is 103 Å². The van der Waals surface area contributed by atoms with Gasteiger partial charge in [-0.05, 0) is 12.5 Å². The molecule has 1 N–H and O–H groups in total. The van der Waals surface area contributed by atoms with Crippen LogP contribution in [-0.4, -0.2) is 14.8 Å². The second-order valence-electron chi connectivity index (χ2n) is 4.92. The van der Waals surface area contributed by atoms with Gasteiger partial charge in [-0.1, -0.05) is 63.7 Å². The van der Waals surface area contributed by atoms with Crippen LogP contribution in [0.2, 0.25) is 0 Å². The highest BCUT2D eigenvalue weighted by atomic mass is 32.2. The van der Waals surface area contributed by atoms with Gasteiger partial charge in [0.05, 0.1) is 4.75 Å². The monoisotopic (exact) mass is 238 g/mol. The minimum absolute atomic E-state index is 0.0342. The molecular formula is C14H22OS. The highest BCUT2D eigenvalue weighted by Gasteiger charge is 2.65. The first-order chi connectivity index (χ1) is 7.72. The molecule has 0 bridgehead atoms. The predicted octanol–water partition coefficient (Wildman–Crippen LogP) is 4.04. The van der Waals surface area contributed by atoms with E-state index in [1.54, 1.807) is 11.8 Å². The molecule has 1 saturated heterocycles. The summed E-state index contributed by atoms with van der Waals surface area (Å²) in [5.74, 6) is 0. The molecule has 0 radical (unpaired) electrons. The van der Waals surface area contributed by atoms with Gasteiger partial charge in [-0.3, -0.25) is 0 Å². The summed E-state index contributed by atoms with van der Waals surface area (Å²) in [6, 6.07) is 0. The lowest BCUT2D eigenvalue weighted by atomic mass is 9.92. The van der Waals surface area contributed by atoms with Crippen LogP contribution in [0, 0.1) is 0 Å². The molecule has 1 nitrogen and oxygen atoms in total. The number of hydrogen-bond acceptors (Lipinski definition) is 2. The minimum atomic E-state index is -0.564. The van der Waals surface area contributed by atoms with Crippen LogP contribution >= 0.6 is 11.8 Å². The number of hydrogen-bond donors (Lipinski definition) is 1. The fourth-order valence-electron chi connectivity index (χ4n) is 2.46. The number of thioether (sulfide) groups is 1. The molecule has 16 heavy (non-hydrogen) atoms. The maximum Gasteiger partial charge on any atom is 0.148 e. The maximum absolute atomic E-state index is 10.2. The molecule has 2 unspecified atom stereocenters. The van der Waals surface area contributed by atoms with E-state index in [1.807, 2.05) is 12.2 Å². The van der Waals surface area contributed by atoms with Crippen LogP contribution in [0.15, 0.2) is 24.3 Å². The molecule has 2 aliphatic rings. The van der Waals surface area contributed by atoms with Crippen molar-refractivity contribution in [3.05, 3.63) is 24.3 Å². The molecule has 1 aliphatic heterocycles. The summed E-state index contributed by atoms with van der Waals surface area (Å²) in [4.78, 5) is -0.564. The summed E-state index contributed by atoms with van der Waals surface area (Å²) in [5.41, 5.74) is 0. The summed E-state index contributed by atoms with van der Waals surface area (Å²) >= 11 is 1.70. The zero-order chi connectivity index (χ0) is 11.5. The van der Waals surface area contributed by atoms with Gasteiger partial charge >= 0.3 is 0 Å². The lowest BCUT2D eigenvalue weighted by molar-refractivity contribution is 0.193. The Morgan fingerprint density at radius 3 is 2.44 bits per heavy atom. The van der Waals surface area contributed by atoms with Gasteiger partial charge in [0, 0.05) is 0 Å². The van der Waals surface area contributed by atoms with E-state index in [4.69, 9.17) is 0 Å². The van der Waals surface area contributed by atoms with Crippen molar-refractivity contribution in [1.82, 2.24) is 0 Å². The molecule has 0 amide bonds. The Morgan fingerprint density at radius 1 is 1.00 bits per heavy atom. The summed E-state index contributed by atoms with van der Waals surface area (Å²) in [7, 11) is 0. The van der Waals surface area contributed by atoms with Crippen molar-refractivity contribution in [3.63, 3.8) is 0 Å². The van der Waals surface area contributed by atoms with E-state index in [0.29, 0.717) is 0 Å². The fraction of sp³-hybridized carbons (Fsp3) is 0.714. The Balaban J connectivity index is 1.64. The average molecular weight is 238 g/mol. The van der Waals surface area contributed by atoms with Crippen molar-refractivity contribution in [2.75, 3.05) is 0 Å². The molecule has 0 aromatic heterocycles. The van der Waals surface area contributed by atoms with Crippen LogP contribution < -0.4 is 0 Å². The number of fused-ring (bicyclic) bond motifs is 1. The van der Waals surface area contributed by atoms with Crippen molar-refractivity contribution in [2.24, 2.45) is 0 Å². The summed E-state index contributed by atoms with van der Waals surface area (Å²) < 4.78 is 0.0342. The number of unbranched alkanes of at least 4 members (excludes halogenated alkanes) is 5. The SMILES string of the molecule is CCCCCCCCC12C=CC=CC1(O)S2. The van der Waals surface area contributed by atoms with Gasteiger partial charge in [-0.2, -0.15) is 0 Å². The predicted molar refractivity (Wildman–Crippen MR) is 71.5 cm³/mol. The molecule has 0 aromatic carbocycles. The Hall–Kier alpha value is -0.210. The van der Waals surface area contributed by atoms with Gasteiger partial charge in [-0.15, -0.1) is 11.8 Å². The lowest BCUT2D eigenvalue weighted by Gasteiger charge is -2.15. The zero-order valence-corrected chi connectivity index (χ0v) is 10.9. The van der Waals surface area contributed by atoms with E-state index >= 15 is 0 Å². The quantitative estimate of drug-likeness (QED) is 0.533. The van der Waals surface area contributed by atoms with Gasteiger partial charge in [0.1, 0.15) is 4.93 Å². The summed E-state index contributed by atoms with van der Waals surface area (Å²) in [6.07, 6.45) is 17.3. The molecule has 0 spiro atoms.